The molecule has 0 saturated carbocycles. The molecule has 0 aliphatic rings. The fourth-order valence-electron chi connectivity index (χ4n) is 1.13. The number of nitrogens with one attached hydrogen (secondary N) is 2. The molecule has 0 heterocycles. The molecule has 6 nitrogen and oxygen atoms in total. The van der Waals surface area contributed by atoms with Gasteiger partial charge in [0.2, 0.25) is 0 Å². The zero-order valence-corrected chi connectivity index (χ0v) is 14.7. The summed E-state index contributed by atoms with van der Waals surface area (Å²) in [7, 11) is 1.63. The molecular weight excluding hydrogens is 361 g/mol. The van der Waals surface area contributed by atoms with Crippen LogP contribution in [0.4, 0.5) is 0 Å². The lowest BCUT2D eigenvalue weighted by molar-refractivity contribution is -0.152. The highest BCUT2D eigenvalue weighted by molar-refractivity contribution is 14.0. The molecule has 7 heteroatoms. The Morgan fingerprint density at radius 2 is 1.89 bits per heavy atom. The molecule has 0 saturated heterocycles. The van der Waals surface area contributed by atoms with Gasteiger partial charge in [-0.25, -0.2) is 4.99 Å². The summed E-state index contributed by atoms with van der Waals surface area (Å²) in [5, 5.41) is 6.08. The monoisotopic (exact) mass is 387 g/mol. The van der Waals surface area contributed by atoms with Gasteiger partial charge in [-0.15, -0.1) is 24.0 Å². The Balaban J connectivity index is 0. The summed E-state index contributed by atoms with van der Waals surface area (Å²) < 4.78 is 10.1. The minimum atomic E-state index is -0.478. The average Bonchev–Trinajstić information content (AvgIpc) is 2.24. The molecule has 0 spiro atoms. The number of esters is 1. The van der Waals surface area contributed by atoms with E-state index in [2.05, 4.69) is 15.6 Å². The molecule has 0 amide bonds. The van der Waals surface area contributed by atoms with Crippen LogP contribution in [0.15, 0.2) is 4.99 Å². The number of nitrogens with zero attached hydrogens (tertiary/aromatic N) is 1. The Labute approximate surface area is 132 Å². The van der Waals surface area contributed by atoms with Gasteiger partial charge in [0, 0.05) is 20.2 Å². The van der Waals surface area contributed by atoms with Gasteiger partial charge in [0.05, 0.1) is 6.61 Å². The predicted molar refractivity (Wildman–Crippen MR) is 87.1 cm³/mol. The van der Waals surface area contributed by atoms with Crippen molar-refractivity contribution in [2.45, 2.75) is 33.3 Å². The SMILES string of the molecule is CCNC(=NCC(=O)OC(C)(C)C)NCCOC.I. The molecule has 0 radical (unpaired) electrons. The van der Waals surface area contributed by atoms with Crippen molar-refractivity contribution in [2.75, 3.05) is 33.4 Å². The number of ether oxygens (including phenoxy) is 2. The van der Waals surface area contributed by atoms with E-state index >= 15 is 0 Å². The largest absolute Gasteiger partial charge is 0.459 e. The van der Waals surface area contributed by atoms with Crippen LogP contribution in [0, 0.1) is 0 Å². The Kier molecular flexibility index (Phi) is 12.3. The highest BCUT2D eigenvalue weighted by Crippen LogP contribution is 2.06. The maximum atomic E-state index is 11.5. The first-order valence-corrected chi connectivity index (χ1v) is 6.12. The summed E-state index contributed by atoms with van der Waals surface area (Å²) in [6.07, 6.45) is 0. The molecule has 0 aliphatic heterocycles. The minimum Gasteiger partial charge on any atom is -0.459 e. The summed E-state index contributed by atoms with van der Waals surface area (Å²) in [5.74, 6) is 0.242. The van der Waals surface area contributed by atoms with Crippen LogP contribution in [-0.4, -0.2) is 50.9 Å². The molecule has 0 aliphatic carbocycles. The fraction of sp³-hybridized carbons (Fsp3) is 0.833. The molecule has 2 N–H and O–H groups in total. The highest BCUT2D eigenvalue weighted by Gasteiger charge is 2.15. The molecule has 0 aromatic heterocycles. The third-order valence-electron chi connectivity index (χ3n) is 1.73. The van der Waals surface area contributed by atoms with Gasteiger partial charge < -0.3 is 20.1 Å². The van der Waals surface area contributed by atoms with E-state index in [1.807, 2.05) is 27.7 Å². The van der Waals surface area contributed by atoms with E-state index in [1.165, 1.54) is 0 Å². The summed E-state index contributed by atoms with van der Waals surface area (Å²) >= 11 is 0. The van der Waals surface area contributed by atoms with Crippen LogP contribution >= 0.6 is 24.0 Å². The number of guanidine groups is 1. The van der Waals surface area contributed by atoms with Crippen LogP contribution < -0.4 is 10.6 Å². The van der Waals surface area contributed by atoms with Crippen LogP contribution in [0.3, 0.4) is 0 Å². The molecule has 0 rings (SSSR count). The first kappa shape index (κ1) is 20.7. The fourth-order valence-corrected chi connectivity index (χ4v) is 1.13. The van der Waals surface area contributed by atoms with Crippen molar-refractivity contribution in [3.63, 3.8) is 0 Å². The number of aliphatic imine (C=N–C) groups is 1. The van der Waals surface area contributed by atoms with Gasteiger partial charge in [-0.05, 0) is 27.7 Å². The molecule has 0 aromatic carbocycles. The molecule has 0 aromatic rings. The quantitative estimate of drug-likeness (QED) is 0.235. The second-order valence-corrected chi connectivity index (χ2v) is 4.70. The Hall–Kier alpha value is -0.570. The van der Waals surface area contributed by atoms with Gasteiger partial charge >= 0.3 is 5.97 Å². The molecule has 19 heavy (non-hydrogen) atoms. The van der Waals surface area contributed by atoms with E-state index in [9.17, 15) is 4.79 Å². The number of hydrogen-bond acceptors (Lipinski definition) is 4. The Bertz CT molecular complexity index is 278. The topological polar surface area (TPSA) is 72.0 Å². The van der Waals surface area contributed by atoms with E-state index in [0.717, 1.165) is 6.54 Å². The van der Waals surface area contributed by atoms with Crippen LogP contribution in [0.25, 0.3) is 0 Å². The van der Waals surface area contributed by atoms with E-state index in [4.69, 9.17) is 9.47 Å². The van der Waals surface area contributed by atoms with Crippen LogP contribution in [0.5, 0.6) is 0 Å². The number of rotatable bonds is 6. The highest BCUT2D eigenvalue weighted by atomic mass is 127. The summed E-state index contributed by atoms with van der Waals surface area (Å²) in [6.45, 7) is 9.39. The van der Waals surface area contributed by atoms with Crippen LogP contribution in [0.1, 0.15) is 27.7 Å². The van der Waals surface area contributed by atoms with Crippen molar-refractivity contribution in [3.05, 3.63) is 0 Å². The lowest BCUT2D eigenvalue weighted by Crippen LogP contribution is -2.39. The van der Waals surface area contributed by atoms with E-state index in [0.29, 0.717) is 19.1 Å². The number of methoxy groups -OCH3 is 1. The summed E-state index contributed by atoms with van der Waals surface area (Å²) in [6, 6.07) is 0. The van der Waals surface area contributed by atoms with E-state index < -0.39 is 5.60 Å². The third kappa shape index (κ3) is 13.7. The first-order valence-electron chi connectivity index (χ1n) is 6.12. The zero-order chi connectivity index (χ0) is 14.0. The Morgan fingerprint density at radius 1 is 1.26 bits per heavy atom. The van der Waals surface area contributed by atoms with Crippen molar-refractivity contribution >= 4 is 35.9 Å². The molecule has 114 valence electrons. The van der Waals surface area contributed by atoms with Crippen molar-refractivity contribution in [2.24, 2.45) is 4.99 Å². The maximum absolute atomic E-state index is 11.5. The van der Waals surface area contributed by atoms with E-state index in [-0.39, 0.29) is 36.5 Å². The lowest BCUT2D eigenvalue weighted by atomic mass is 10.2. The number of halogens is 1. The van der Waals surface area contributed by atoms with E-state index in [1.54, 1.807) is 7.11 Å². The molecule has 0 fully saturated rings. The predicted octanol–water partition coefficient (Wildman–Crippen LogP) is 1.15. The first-order chi connectivity index (χ1) is 8.39. The van der Waals surface area contributed by atoms with Gasteiger partial charge in [-0.3, -0.25) is 4.79 Å². The average molecular weight is 387 g/mol. The second-order valence-electron chi connectivity index (χ2n) is 4.70. The number of hydrogen-bond donors (Lipinski definition) is 2. The smallest absolute Gasteiger partial charge is 0.328 e. The van der Waals surface area contributed by atoms with Crippen molar-refractivity contribution in [1.82, 2.24) is 10.6 Å². The Morgan fingerprint density at radius 3 is 2.37 bits per heavy atom. The number of carbonyl (C=O) groups is 1. The van der Waals surface area contributed by atoms with Crippen LogP contribution in [0.2, 0.25) is 0 Å². The standard InChI is InChI=1S/C12H25N3O3.HI/c1-6-13-11(14-7-8-17-5)15-9-10(16)18-12(2,3)4;/h6-9H2,1-5H3,(H2,13,14,15);1H. The van der Waals surface area contributed by atoms with Gasteiger partial charge in [0.1, 0.15) is 12.1 Å². The van der Waals surface area contributed by atoms with Crippen molar-refractivity contribution in [3.8, 4) is 0 Å². The molecule has 0 unspecified atom stereocenters. The molecule has 0 atom stereocenters. The lowest BCUT2D eigenvalue weighted by Gasteiger charge is -2.19. The molecule has 0 bridgehead atoms. The normalized spacial score (nSPS) is 11.5. The number of carbonyl (C=O) groups excluding carboxylic acids is 1. The van der Waals surface area contributed by atoms with Crippen molar-refractivity contribution < 1.29 is 14.3 Å². The third-order valence-corrected chi connectivity index (χ3v) is 1.73. The van der Waals surface area contributed by atoms with Gasteiger partial charge in [-0.1, -0.05) is 0 Å². The summed E-state index contributed by atoms with van der Waals surface area (Å²) in [4.78, 5) is 15.6. The zero-order valence-electron chi connectivity index (χ0n) is 12.4. The van der Waals surface area contributed by atoms with Gasteiger partial charge in [0.25, 0.3) is 0 Å². The van der Waals surface area contributed by atoms with Gasteiger partial charge in [0.15, 0.2) is 5.96 Å². The second kappa shape index (κ2) is 11.3. The molecular formula is C12H26IN3O3. The van der Waals surface area contributed by atoms with Crippen molar-refractivity contribution in [1.29, 1.82) is 0 Å². The van der Waals surface area contributed by atoms with Crippen LogP contribution in [-0.2, 0) is 14.3 Å². The maximum Gasteiger partial charge on any atom is 0.328 e. The van der Waals surface area contributed by atoms with Gasteiger partial charge in [-0.2, -0.15) is 0 Å². The summed E-state index contributed by atoms with van der Waals surface area (Å²) in [5.41, 5.74) is -0.478. The minimum absolute atomic E-state index is 0.